The van der Waals surface area contributed by atoms with Crippen LogP contribution in [0.3, 0.4) is 0 Å². The van der Waals surface area contributed by atoms with E-state index >= 15 is 0 Å². The van der Waals surface area contributed by atoms with Crippen molar-refractivity contribution in [3.05, 3.63) is 52.6 Å². The summed E-state index contributed by atoms with van der Waals surface area (Å²) < 4.78 is 0. The van der Waals surface area contributed by atoms with Gasteiger partial charge in [-0.2, -0.15) is 0 Å². The Morgan fingerprint density at radius 2 is 2.00 bits per heavy atom. The van der Waals surface area contributed by atoms with Gasteiger partial charge in [0.2, 0.25) is 0 Å². The zero-order valence-corrected chi connectivity index (χ0v) is 12.0. The van der Waals surface area contributed by atoms with Crippen molar-refractivity contribution in [2.45, 2.75) is 25.8 Å². The molecule has 1 aliphatic carbocycles. The number of quaternary nitrogens is 1. The van der Waals surface area contributed by atoms with Gasteiger partial charge in [0.1, 0.15) is 11.8 Å². The Kier molecular flexibility index (Phi) is 2.45. The van der Waals surface area contributed by atoms with E-state index in [0.717, 1.165) is 24.0 Å². The number of aryl methyl sites for hydroxylation is 1. The van der Waals surface area contributed by atoms with Crippen LogP contribution in [0.4, 0.5) is 0 Å². The molecule has 2 heteroatoms. The maximum absolute atomic E-state index is 10.5. The number of phenols is 1. The molecule has 2 aromatic carbocycles. The van der Waals surface area contributed by atoms with Gasteiger partial charge in [-0.25, -0.2) is 0 Å². The lowest BCUT2D eigenvalue weighted by Gasteiger charge is -2.37. The third-order valence-electron chi connectivity index (χ3n) is 5.09. The van der Waals surface area contributed by atoms with Gasteiger partial charge in [-0.15, -0.1) is 0 Å². The van der Waals surface area contributed by atoms with Crippen molar-refractivity contribution in [2.75, 3.05) is 13.6 Å². The minimum absolute atomic E-state index is 0.470. The number of hydrogen-bond donors (Lipinski definition) is 2. The van der Waals surface area contributed by atoms with Crippen LogP contribution in [-0.2, 0) is 12.8 Å². The van der Waals surface area contributed by atoms with E-state index in [1.807, 2.05) is 13.0 Å². The number of rotatable bonds is 0. The van der Waals surface area contributed by atoms with Crippen LogP contribution < -0.4 is 4.90 Å². The summed E-state index contributed by atoms with van der Waals surface area (Å²) in [6, 6.07) is 11.4. The van der Waals surface area contributed by atoms with Gasteiger partial charge in [0.05, 0.1) is 13.6 Å². The summed E-state index contributed by atoms with van der Waals surface area (Å²) in [5.41, 5.74) is 7.55. The van der Waals surface area contributed by atoms with E-state index < -0.39 is 0 Å². The summed E-state index contributed by atoms with van der Waals surface area (Å²) in [5.74, 6) is 0.470. The molecule has 0 spiro atoms. The number of aromatic hydroxyl groups is 1. The predicted octanol–water partition coefficient (Wildman–Crippen LogP) is 2.04. The van der Waals surface area contributed by atoms with E-state index in [0.29, 0.717) is 11.8 Å². The van der Waals surface area contributed by atoms with Crippen LogP contribution in [-0.4, -0.2) is 18.7 Å². The quantitative estimate of drug-likeness (QED) is 0.749. The minimum Gasteiger partial charge on any atom is -0.507 e. The highest BCUT2D eigenvalue weighted by atomic mass is 16.3. The first-order chi connectivity index (χ1) is 9.66. The molecule has 0 saturated carbocycles. The van der Waals surface area contributed by atoms with Gasteiger partial charge in [-0.1, -0.05) is 30.3 Å². The first kappa shape index (κ1) is 12.0. The predicted molar refractivity (Wildman–Crippen MR) is 80.2 cm³/mol. The van der Waals surface area contributed by atoms with Crippen molar-refractivity contribution in [1.29, 1.82) is 0 Å². The molecule has 20 heavy (non-hydrogen) atoms. The molecular formula is C18H20NO+. The summed E-state index contributed by atoms with van der Waals surface area (Å²) in [6.45, 7) is 3.18. The molecule has 2 aliphatic rings. The van der Waals surface area contributed by atoms with Crippen LogP contribution in [0.1, 0.15) is 28.3 Å². The van der Waals surface area contributed by atoms with Gasteiger partial charge >= 0.3 is 0 Å². The second-order valence-corrected chi connectivity index (χ2v) is 6.25. The number of hydrogen-bond acceptors (Lipinski definition) is 1. The highest BCUT2D eigenvalue weighted by Crippen LogP contribution is 2.45. The van der Waals surface area contributed by atoms with E-state index in [4.69, 9.17) is 0 Å². The van der Waals surface area contributed by atoms with Gasteiger partial charge in [0.25, 0.3) is 0 Å². The van der Waals surface area contributed by atoms with Crippen molar-refractivity contribution >= 4 is 0 Å². The van der Waals surface area contributed by atoms with Crippen molar-refractivity contribution in [2.24, 2.45) is 0 Å². The largest absolute Gasteiger partial charge is 0.507 e. The second kappa shape index (κ2) is 4.10. The van der Waals surface area contributed by atoms with Crippen LogP contribution in [0.25, 0.3) is 11.1 Å². The molecule has 0 bridgehead atoms. The highest BCUT2D eigenvalue weighted by Gasteiger charge is 2.36. The first-order valence-corrected chi connectivity index (χ1v) is 7.42. The monoisotopic (exact) mass is 266 g/mol. The fourth-order valence-electron chi connectivity index (χ4n) is 3.92. The number of nitrogens with one attached hydrogen (secondary N) is 1. The number of benzene rings is 2. The minimum atomic E-state index is 0.470. The fraction of sp³-hybridized carbons (Fsp3) is 0.333. The van der Waals surface area contributed by atoms with Crippen LogP contribution in [0.5, 0.6) is 5.75 Å². The smallest absolute Gasteiger partial charge is 0.126 e. The molecule has 0 amide bonds. The van der Waals surface area contributed by atoms with Crippen LogP contribution in [0.2, 0.25) is 0 Å². The number of likely N-dealkylation sites (N-methyl/N-ethyl adjacent to an activating group) is 1. The molecule has 0 saturated heterocycles. The Morgan fingerprint density at radius 1 is 1.15 bits per heavy atom. The topological polar surface area (TPSA) is 24.7 Å². The summed E-state index contributed by atoms with van der Waals surface area (Å²) >= 11 is 0. The second-order valence-electron chi connectivity index (χ2n) is 6.25. The molecule has 0 radical (unpaired) electrons. The van der Waals surface area contributed by atoms with Gasteiger partial charge in [-0.05, 0) is 29.2 Å². The lowest BCUT2D eigenvalue weighted by Crippen LogP contribution is -3.10. The molecule has 2 unspecified atom stereocenters. The number of fused-ring (bicyclic) bond motifs is 2. The van der Waals surface area contributed by atoms with E-state index in [-0.39, 0.29) is 0 Å². The lowest BCUT2D eigenvalue weighted by atomic mass is 9.76. The average molecular weight is 266 g/mol. The lowest BCUT2D eigenvalue weighted by molar-refractivity contribution is -0.914. The number of phenolic OH excluding ortho intramolecular Hbond substituents is 1. The molecule has 2 N–H and O–H groups in total. The molecule has 2 aromatic rings. The average Bonchev–Trinajstić information content (AvgIpc) is 2.46. The molecule has 4 rings (SSSR count). The summed E-state index contributed by atoms with van der Waals surface area (Å²) in [7, 11) is 2.30. The Hall–Kier alpha value is -1.80. The fourth-order valence-corrected chi connectivity index (χ4v) is 3.92. The molecule has 1 aliphatic heterocycles. The first-order valence-electron chi connectivity index (χ1n) is 7.42. The Morgan fingerprint density at radius 3 is 2.85 bits per heavy atom. The summed E-state index contributed by atoms with van der Waals surface area (Å²) in [5, 5.41) is 10.5. The molecule has 102 valence electrons. The van der Waals surface area contributed by atoms with Crippen LogP contribution >= 0.6 is 0 Å². The van der Waals surface area contributed by atoms with E-state index in [2.05, 4.69) is 31.3 Å². The molecule has 0 fully saturated rings. The molecule has 2 atom stereocenters. The zero-order valence-electron chi connectivity index (χ0n) is 12.0. The molecule has 1 heterocycles. The summed E-state index contributed by atoms with van der Waals surface area (Å²) in [4.78, 5) is 1.59. The van der Waals surface area contributed by atoms with E-state index in [9.17, 15) is 5.11 Å². The van der Waals surface area contributed by atoms with E-state index in [1.54, 1.807) is 4.90 Å². The SMILES string of the molecule is Cc1ccc2c(c1O)-c1cccc3c1C(C2)[NH+](C)CC3. The van der Waals surface area contributed by atoms with Crippen molar-refractivity contribution in [3.63, 3.8) is 0 Å². The maximum atomic E-state index is 10.5. The maximum Gasteiger partial charge on any atom is 0.126 e. The van der Waals surface area contributed by atoms with Gasteiger partial charge in [0, 0.05) is 24.0 Å². The standard InChI is InChI=1S/C18H19NO/c1-11-6-7-13-10-15-16-12(8-9-19(15)2)4-3-5-14(16)17(13)18(11)20/h3-7,15,20H,8-10H2,1-2H3/p+1. The molecule has 2 nitrogen and oxygen atoms in total. The molecular weight excluding hydrogens is 246 g/mol. The van der Waals surface area contributed by atoms with Crippen LogP contribution in [0, 0.1) is 6.92 Å². The van der Waals surface area contributed by atoms with Crippen molar-refractivity contribution in [1.82, 2.24) is 0 Å². The van der Waals surface area contributed by atoms with Gasteiger partial charge in [-0.3, -0.25) is 0 Å². The Bertz CT molecular complexity index is 705. The van der Waals surface area contributed by atoms with Crippen molar-refractivity contribution < 1.29 is 10.0 Å². The third-order valence-corrected chi connectivity index (χ3v) is 5.09. The summed E-state index contributed by atoms with van der Waals surface area (Å²) in [6.07, 6.45) is 2.19. The normalized spacial score (nSPS) is 23.1. The highest BCUT2D eigenvalue weighted by molar-refractivity contribution is 5.81. The Labute approximate surface area is 119 Å². The van der Waals surface area contributed by atoms with Gasteiger partial charge < -0.3 is 10.0 Å². The van der Waals surface area contributed by atoms with Crippen molar-refractivity contribution in [3.8, 4) is 16.9 Å². The van der Waals surface area contributed by atoms with Gasteiger partial charge in [0.15, 0.2) is 0 Å². The zero-order chi connectivity index (χ0) is 13.9. The Balaban J connectivity index is 2.05. The third kappa shape index (κ3) is 1.49. The van der Waals surface area contributed by atoms with E-state index in [1.165, 1.54) is 28.8 Å². The molecule has 0 aromatic heterocycles. The van der Waals surface area contributed by atoms with Crippen LogP contribution in [0.15, 0.2) is 30.3 Å².